The van der Waals surface area contributed by atoms with Crippen molar-refractivity contribution >= 4 is 40.6 Å². The second-order valence-corrected chi connectivity index (χ2v) is 6.55. The van der Waals surface area contributed by atoms with Gasteiger partial charge in [-0.3, -0.25) is 14.9 Å². The van der Waals surface area contributed by atoms with E-state index in [1.54, 1.807) is 16.7 Å². The van der Waals surface area contributed by atoms with Gasteiger partial charge in [-0.15, -0.1) is 0 Å². The summed E-state index contributed by atoms with van der Waals surface area (Å²) in [5, 5.41) is 5.58. The molecule has 3 heterocycles. The van der Waals surface area contributed by atoms with Gasteiger partial charge in [-0.25, -0.2) is 4.39 Å². The minimum atomic E-state index is -0.400. The third kappa shape index (κ3) is 2.92. The molecular weight excluding hydrogens is 365 g/mol. The van der Waals surface area contributed by atoms with Crippen LogP contribution in [0.3, 0.4) is 0 Å². The van der Waals surface area contributed by atoms with Crippen LogP contribution in [0, 0.1) is 12.7 Å². The normalized spacial score (nSPS) is 15.3. The first-order valence-corrected chi connectivity index (χ1v) is 8.60. The van der Waals surface area contributed by atoms with Gasteiger partial charge in [0.2, 0.25) is 5.78 Å². The van der Waals surface area contributed by atoms with Crippen LogP contribution in [0.4, 0.5) is 4.39 Å². The van der Waals surface area contributed by atoms with Crippen molar-refractivity contribution < 1.29 is 14.0 Å². The number of amides is 1. The van der Waals surface area contributed by atoms with E-state index in [0.717, 1.165) is 16.6 Å². The molecule has 27 heavy (non-hydrogen) atoms. The number of benzene rings is 1. The van der Waals surface area contributed by atoms with Crippen LogP contribution in [0.15, 0.2) is 54.4 Å². The lowest BCUT2D eigenvalue weighted by atomic mass is 10.0. The van der Waals surface area contributed by atoms with Gasteiger partial charge in [-0.2, -0.15) is 0 Å². The highest BCUT2D eigenvalue weighted by Crippen LogP contribution is 2.27. The molecule has 1 saturated heterocycles. The molecule has 5 nitrogen and oxygen atoms in total. The zero-order chi connectivity index (χ0) is 19.1. The molecule has 1 aliphatic heterocycles. The van der Waals surface area contributed by atoms with E-state index in [0.29, 0.717) is 17.0 Å². The van der Waals surface area contributed by atoms with E-state index in [4.69, 9.17) is 12.2 Å². The molecule has 0 saturated carbocycles. The first-order chi connectivity index (χ1) is 13.0. The van der Waals surface area contributed by atoms with Crippen LogP contribution >= 0.6 is 12.2 Å². The Morgan fingerprint density at radius 1 is 1.15 bits per heavy atom. The molecule has 1 fully saturated rings. The second kappa shape index (κ2) is 6.44. The fraction of sp³-hybridized carbons (Fsp3) is 0.0500. The van der Waals surface area contributed by atoms with E-state index in [9.17, 15) is 14.0 Å². The molecule has 0 spiro atoms. The minimum Gasteiger partial charge on any atom is -0.328 e. The monoisotopic (exact) mass is 379 g/mol. The molecule has 1 aromatic carbocycles. The molecular formula is C20H14FN3O2S. The van der Waals surface area contributed by atoms with Crippen molar-refractivity contribution in [3.63, 3.8) is 0 Å². The first kappa shape index (κ1) is 17.1. The minimum absolute atomic E-state index is 0.224. The Balaban J connectivity index is 1.90. The summed E-state index contributed by atoms with van der Waals surface area (Å²) in [5.74, 6) is -0.943. The summed E-state index contributed by atoms with van der Waals surface area (Å²) in [7, 11) is 0. The highest BCUT2D eigenvalue weighted by atomic mass is 32.1. The van der Waals surface area contributed by atoms with Crippen molar-refractivity contribution in [2.75, 3.05) is 0 Å². The molecule has 0 unspecified atom stereocenters. The molecule has 2 aromatic heterocycles. The summed E-state index contributed by atoms with van der Waals surface area (Å²) in [6.45, 7) is 1.82. The van der Waals surface area contributed by atoms with Crippen molar-refractivity contribution in [3.8, 4) is 0 Å². The van der Waals surface area contributed by atoms with Crippen LogP contribution in [-0.2, 0) is 4.79 Å². The van der Waals surface area contributed by atoms with Crippen molar-refractivity contribution in [2.24, 2.45) is 0 Å². The number of nitrogens with one attached hydrogen (secondary N) is 2. The predicted molar refractivity (Wildman–Crippen MR) is 104 cm³/mol. The third-order valence-corrected chi connectivity index (χ3v) is 4.67. The standard InChI is InChI=1S/C20H14FN3O2S/c1-11-14(10-15-19(26)23-20(27)22-15)16-4-2-3-9-24(16)17(11)18(25)12-5-7-13(21)8-6-12/h2-10H,1H3,(H2,22,23,26,27)/b15-10-. The average Bonchev–Trinajstić information content (AvgIpc) is 3.11. The molecule has 1 amide bonds. The number of hydrogen-bond donors (Lipinski definition) is 2. The largest absolute Gasteiger partial charge is 0.328 e. The highest BCUT2D eigenvalue weighted by molar-refractivity contribution is 7.80. The van der Waals surface area contributed by atoms with Crippen molar-refractivity contribution in [1.82, 2.24) is 15.0 Å². The molecule has 2 N–H and O–H groups in total. The number of pyridine rings is 1. The van der Waals surface area contributed by atoms with Crippen molar-refractivity contribution in [2.45, 2.75) is 6.92 Å². The number of ketones is 1. The van der Waals surface area contributed by atoms with Gasteiger partial charge in [0.25, 0.3) is 5.91 Å². The van der Waals surface area contributed by atoms with Crippen molar-refractivity contribution in [1.29, 1.82) is 0 Å². The quantitative estimate of drug-likeness (QED) is 0.417. The van der Waals surface area contributed by atoms with Crippen LogP contribution in [0.1, 0.15) is 27.2 Å². The fourth-order valence-corrected chi connectivity index (χ4v) is 3.39. The van der Waals surface area contributed by atoms with E-state index < -0.39 is 5.82 Å². The fourth-order valence-electron chi connectivity index (χ4n) is 3.18. The lowest BCUT2D eigenvalue weighted by molar-refractivity contribution is -0.115. The van der Waals surface area contributed by atoms with Crippen LogP contribution < -0.4 is 10.6 Å². The maximum Gasteiger partial charge on any atom is 0.273 e. The summed E-state index contributed by atoms with van der Waals surface area (Å²) < 4.78 is 15.0. The van der Waals surface area contributed by atoms with Gasteiger partial charge in [-0.1, -0.05) is 6.07 Å². The van der Waals surface area contributed by atoms with Gasteiger partial charge < -0.3 is 9.72 Å². The number of rotatable bonds is 3. The van der Waals surface area contributed by atoms with Crippen LogP contribution in [0.25, 0.3) is 11.6 Å². The summed E-state index contributed by atoms with van der Waals surface area (Å²) in [5.41, 5.74) is 3.41. The average molecular weight is 379 g/mol. The zero-order valence-corrected chi connectivity index (χ0v) is 15.1. The second-order valence-electron chi connectivity index (χ2n) is 6.15. The SMILES string of the molecule is Cc1c(/C=C2\NC(=S)NC2=O)c2ccccn2c1C(=O)c1ccc(F)cc1. The number of hydrogen-bond acceptors (Lipinski definition) is 3. The smallest absolute Gasteiger partial charge is 0.273 e. The molecule has 4 rings (SSSR count). The Kier molecular flexibility index (Phi) is 4.08. The summed E-state index contributed by atoms with van der Waals surface area (Å²) in [6, 6.07) is 11.0. The van der Waals surface area contributed by atoms with Gasteiger partial charge in [0.05, 0.1) is 11.2 Å². The van der Waals surface area contributed by atoms with E-state index in [2.05, 4.69) is 10.6 Å². The Labute approximate surface area is 159 Å². The number of carbonyl (C=O) groups excluding carboxylic acids is 2. The number of carbonyl (C=O) groups is 2. The maximum atomic E-state index is 13.2. The first-order valence-electron chi connectivity index (χ1n) is 8.19. The number of halogens is 1. The molecule has 7 heteroatoms. The van der Waals surface area contributed by atoms with E-state index in [1.165, 1.54) is 24.3 Å². The van der Waals surface area contributed by atoms with Gasteiger partial charge in [-0.05, 0) is 67.2 Å². The Morgan fingerprint density at radius 3 is 2.56 bits per heavy atom. The topological polar surface area (TPSA) is 62.6 Å². The maximum absolute atomic E-state index is 13.2. The summed E-state index contributed by atoms with van der Waals surface area (Å²) in [4.78, 5) is 25.1. The Morgan fingerprint density at radius 2 is 1.89 bits per heavy atom. The molecule has 0 bridgehead atoms. The van der Waals surface area contributed by atoms with Crippen LogP contribution in [0.2, 0.25) is 0 Å². The van der Waals surface area contributed by atoms with E-state index >= 15 is 0 Å². The molecule has 0 radical (unpaired) electrons. The highest BCUT2D eigenvalue weighted by Gasteiger charge is 2.24. The lowest BCUT2D eigenvalue weighted by Crippen LogP contribution is -2.21. The number of aromatic nitrogens is 1. The number of thiocarbonyl (C=S) groups is 1. The van der Waals surface area contributed by atoms with Crippen molar-refractivity contribution in [3.05, 3.63) is 82.6 Å². The Hall–Kier alpha value is -3.32. The molecule has 134 valence electrons. The van der Waals surface area contributed by atoms with Gasteiger partial charge in [0, 0.05) is 17.3 Å². The molecule has 0 atom stereocenters. The lowest BCUT2D eigenvalue weighted by Gasteiger charge is -2.04. The van der Waals surface area contributed by atoms with Gasteiger partial charge in [0.1, 0.15) is 11.5 Å². The molecule has 3 aromatic rings. The van der Waals surface area contributed by atoms with Gasteiger partial charge >= 0.3 is 0 Å². The van der Waals surface area contributed by atoms with Gasteiger partial charge in [0.15, 0.2) is 5.11 Å². The summed E-state index contributed by atoms with van der Waals surface area (Å²) in [6.07, 6.45) is 3.47. The number of nitrogens with zero attached hydrogens (tertiary/aromatic N) is 1. The Bertz CT molecular complexity index is 1150. The number of fused-ring (bicyclic) bond motifs is 1. The summed E-state index contributed by atoms with van der Waals surface area (Å²) >= 11 is 4.97. The molecule has 1 aliphatic rings. The van der Waals surface area contributed by atoms with Crippen LogP contribution in [0.5, 0.6) is 0 Å². The van der Waals surface area contributed by atoms with Crippen LogP contribution in [-0.4, -0.2) is 21.2 Å². The predicted octanol–water partition coefficient (Wildman–Crippen LogP) is 2.96. The third-order valence-electron chi connectivity index (χ3n) is 4.47. The van der Waals surface area contributed by atoms with E-state index in [1.807, 2.05) is 25.1 Å². The molecule has 0 aliphatic carbocycles. The van der Waals surface area contributed by atoms with E-state index in [-0.39, 0.29) is 16.8 Å². The zero-order valence-electron chi connectivity index (χ0n) is 14.2.